The zero-order chi connectivity index (χ0) is 28.4. The molecule has 6 nitrogen and oxygen atoms in total. The van der Waals surface area contributed by atoms with Crippen LogP contribution in [0.2, 0.25) is 10.0 Å². The second-order valence-electron chi connectivity index (χ2n) is 9.45. The van der Waals surface area contributed by atoms with E-state index in [2.05, 4.69) is 9.97 Å². The van der Waals surface area contributed by atoms with E-state index in [1.807, 2.05) is 43.3 Å². The van der Waals surface area contributed by atoms with Crippen molar-refractivity contribution in [2.45, 2.75) is 25.7 Å². The van der Waals surface area contributed by atoms with Crippen molar-refractivity contribution in [3.63, 3.8) is 0 Å². The molecule has 0 aliphatic rings. The number of aromatic nitrogens is 2. The number of benzene rings is 4. The number of carboxylic acids is 1. The monoisotopic (exact) mass is 572 g/mol. The number of Topliss-reactive ketones (excluding diaryl/α,β-unsaturated/α-hetero) is 1. The molecule has 0 aliphatic heterocycles. The van der Waals surface area contributed by atoms with Gasteiger partial charge in [-0.1, -0.05) is 72.6 Å². The first-order valence-corrected chi connectivity index (χ1v) is 13.5. The van der Waals surface area contributed by atoms with Crippen LogP contribution in [0.25, 0.3) is 33.5 Å². The molecule has 0 spiro atoms. The van der Waals surface area contributed by atoms with Crippen molar-refractivity contribution in [2.24, 2.45) is 0 Å². The summed E-state index contributed by atoms with van der Waals surface area (Å²) in [6.07, 6.45) is 0.872. The van der Waals surface area contributed by atoms with E-state index in [0.29, 0.717) is 50.3 Å². The summed E-state index contributed by atoms with van der Waals surface area (Å²) in [7, 11) is 1.57. The lowest BCUT2D eigenvalue weighted by molar-refractivity contribution is 0.0697. The summed E-state index contributed by atoms with van der Waals surface area (Å²) in [6.45, 7) is 1.99. The number of carbonyl (C=O) groups is 2. The van der Waals surface area contributed by atoms with Crippen molar-refractivity contribution in [3.8, 4) is 28.3 Å². The number of aromatic carboxylic acids is 1. The van der Waals surface area contributed by atoms with Crippen LogP contribution in [0.5, 0.6) is 5.75 Å². The molecule has 1 unspecified atom stereocenters. The van der Waals surface area contributed by atoms with Crippen LogP contribution >= 0.6 is 23.2 Å². The molecule has 0 radical (unpaired) electrons. The van der Waals surface area contributed by atoms with Crippen LogP contribution < -0.4 is 4.74 Å². The predicted molar refractivity (Wildman–Crippen MR) is 159 cm³/mol. The van der Waals surface area contributed by atoms with Gasteiger partial charge >= 0.3 is 5.97 Å². The van der Waals surface area contributed by atoms with Gasteiger partial charge in [0.05, 0.1) is 23.7 Å². The third-order valence-electron chi connectivity index (χ3n) is 7.06. The van der Waals surface area contributed by atoms with Crippen molar-refractivity contribution in [2.75, 3.05) is 7.11 Å². The fourth-order valence-electron chi connectivity index (χ4n) is 5.03. The molecule has 5 aromatic rings. The van der Waals surface area contributed by atoms with Gasteiger partial charge in [-0.2, -0.15) is 0 Å². The highest BCUT2D eigenvalue weighted by Crippen LogP contribution is 2.40. The van der Waals surface area contributed by atoms with E-state index in [1.54, 1.807) is 43.5 Å². The molecule has 40 heavy (non-hydrogen) atoms. The van der Waals surface area contributed by atoms with Gasteiger partial charge < -0.3 is 14.8 Å². The van der Waals surface area contributed by atoms with Gasteiger partial charge in [0.2, 0.25) is 0 Å². The highest BCUT2D eigenvalue weighted by Gasteiger charge is 2.24. The summed E-state index contributed by atoms with van der Waals surface area (Å²) >= 11 is 12.8. The van der Waals surface area contributed by atoms with E-state index in [9.17, 15) is 14.7 Å². The standard InChI is InChI=1S/C32H26Cl2N2O4/c1-3-18(21-14-12-20(33)17-29(21)40-2)16-28(37)19-11-13-22(24(15-19)32(38)39)30-23(7-6-8-25(30)34)31-35-26-9-4-5-10-27(26)36-31/h4-15,17-18H,3,16H2,1-2H3,(H,35,36)(H,38,39). The summed E-state index contributed by atoms with van der Waals surface area (Å²) in [5, 5.41) is 11.1. The zero-order valence-electron chi connectivity index (χ0n) is 21.9. The number of hydrogen-bond donors (Lipinski definition) is 2. The largest absolute Gasteiger partial charge is 0.496 e. The quantitative estimate of drug-likeness (QED) is 0.172. The van der Waals surface area contributed by atoms with Crippen molar-refractivity contribution in [3.05, 3.63) is 106 Å². The van der Waals surface area contributed by atoms with Gasteiger partial charge in [-0.25, -0.2) is 9.78 Å². The number of imidazole rings is 1. The third kappa shape index (κ3) is 5.33. The second kappa shape index (κ2) is 11.5. The number of carboxylic acid groups (broad SMARTS) is 1. The maximum Gasteiger partial charge on any atom is 0.336 e. The van der Waals surface area contributed by atoms with Crippen molar-refractivity contribution in [1.82, 2.24) is 9.97 Å². The Bertz CT molecular complexity index is 1710. The number of H-pyrrole nitrogens is 1. The Kier molecular flexibility index (Phi) is 7.92. The van der Waals surface area contributed by atoms with Crippen LogP contribution in [0.15, 0.2) is 78.9 Å². The van der Waals surface area contributed by atoms with E-state index < -0.39 is 5.97 Å². The van der Waals surface area contributed by atoms with E-state index in [-0.39, 0.29) is 23.7 Å². The molecule has 0 amide bonds. The van der Waals surface area contributed by atoms with Crippen LogP contribution in [0.1, 0.15) is 52.0 Å². The molecule has 1 atom stereocenters. The Morgan fingerprint density at radius 1 is 0.975 bits per heavy atom. The van der Waals surface area contributed by atoms with Gasteiger partial charge in [0.25, 0.3) is 0 Å². The molecule has 5 rings (SSSR count). The second-order valence-corrected chi connectivity index (χ2v) is 10.3. The molecule has 0 saturated carbocycles. The molecule has 2 N–H and O–H groups in total. The minimum absolute atomic E-state index is 0.0200. The number of ether oxygens (including phenoxy) is 1. The van der Waals surface area contributed by atoms with Crippen molar-refractivity contribution >= 4 is 46.0 Å². The summed E-state index contributed by atoms with van der Waals surface area (Å²) in [5.74, 6) is -0.277. The summed E-state index contributed by atoms with van der Waals surface area (Å²) in [6, 6.07) is 23.1. The number of carbonyl (C=O) groups excluding carboxylic acids is 1. The van der Waals surface area contributed by atoms with Crippen molar-refractivity contribution in [1.29, 1.82) is 0 Å². The number of aromatic amines is 1. The van der Waals surface area contributed by atoms with Crippen LogP contribution in [0.3, 0.4) is 0 Å². The summed E-state index contributed by atoms with van der Waals surface area (Å²) in [5.41, 5.74) is 4.39. The number of nitrogens with zero attached hydrogens (tertiary/aromatic N) is 1. The summed E-state index contributed by atoms with van der Waals surface area (Å²) in [4.78, 5) is 33.9. The minimum Gasteiger partial charge on any atom is -0.496 e. The van der Waals surface area contributed by atoms with E-state index in [1.165, 1.54) is 6.07 Å². The van der Waals surface area contributed by atoms with Crippen LogP contribution in [-0.2, 0) is 0 Å². The van der Waals surface area contributed by atoms with Gasteiger partial charge in [0.1, 0.15) is 11.6 Å². The first kappa shape index (κ1) is 27.4. The Hall–Kier alpha value is -4.13. The number of rotatable bonds is 9. The lowest BCUT2D eigenvalue weighted by Crippen LogP contribution is -2.10. The van der Waals surface area contributed by atoms with Gasteiger partial charge in [-0.05, 0) is 59.9 Å². The number of para-hydroxylation sites is 2. The van der Waals surface area contributed by atoms with Gasteiger partial charge in [-0.15, -0.1) is 0 Å². The highest BCUT2D eigenvalue weighted by molar-refractivity contribution is 6.34. The zero-order valence-corrected chi connectivity index (χ0v) is 23.4. The first-order chi connectivity index (χ1) is 19.3. The highest BCUT2D eigenvalue weighted by atomic mass is 35.5. The first-order valence-electron chi connectivity index (χ1n) is 12.8. The number of ketones is 1. The Labute approximate surface area is 241 Å². The van der Waals surface area contributed by atoms with E-state index >= 15 is 0 Å². The predicted octanol–water partition coefficient (Wildman–Crippen LogP) is 8.68. The molecule has 1 aromatic heterocycles. The van der Waals surface area contributed by atoms with Crippen LogP contribution in [0, 0.1) is 0 Å². The van der Waals surface area contributed by atoms with Gasteiger partial charge in [-0.3, -0.25) is 4.79 Å². The van der Waals surface area contributed by atoms with Gasteiger partial charge in [0, 0.05) is 33.2 Å². The van der Waals surface area contributed by atoms with Crippen molar-refractivity contribution < 1.29 is 19.4 Å². The van der Waals surface area contributed by atoms with E-state index in [4.69, 9.17) is 27.9 Å². The molecule has 0 fully saturated rings. The van der Waals surface area contributed by atoms with Crippen LogP contribution in [-0.4, -0.2) is 33.9 Å². The number of hydrogen-bond acceptors (Lipinski definition) is 4. The Morgan fingerprint density at radius 2 is 1.77 bits per heavy atom. The maximum atomic E-state index is 13.4. The fourth-order valence-corrected chi connectivity index (χ4v) is 5.46. The SMILES string of the molecule is CCC(CC(=O)c1ccc(-c2c(Cl)cccc2-c2nc3ccccc3[nH]2)c(C(=O)O)c1)c1ccc(Cl)cc1OC. The fraction of sp³-hybridized carbons (Fsp3) is 0.156. The normalized spacial score (nSPS) is 11.9. The number of fused-ring (bicyclic) bond motifs is 1. The molecule has 0 bridgehead atoms. The molecular weight excluding hydrogens is 547 g/mol. The molecule has 8 heteroatoms. The average Bonchev–Trinajstić information content (AvgIpc) is 3.40. The lowest BCUT2D eigenvalue weighted by atomic mass is 9.87. The number of methoxy groups -OCH3 is 1. The topological polar surface area (TPSA) is 92.3 Å². The molecule has 0 saturated heterocycles. The Balaban J connectivity index is 1.54. The van der Waals surface area contributed by atoms with Gasteiger partial charge in [0.15, 0.2) is 5.78 Å². The average molecular weight is 573 g/mol. The minimum atomic E-state index is -1.16. The van der Waals surface area contributed by atoms with Crippen LogP contribution in [0.4, 0.5) is 0 Å². The molecule has 1 heterocycles. The number of halogens is 2. The molecule has 0 aliphatic carbocycles. The molecule has 202 valence electrons. The Morgan fingerprint density at radius 3 is 2.50 bits per heavy atom. The smallest absolute Gasteiger partial charge is 0.336 e. The van der Waals surface area contributed by atoms with E-state index in [0.717, 1.165) is 16.6 Å². The third-order valence-corrected chi connectivity index (χ3v) is 7.61. The molecular formula is C32H26Cl2N2O4. The lowest BCUT2D eigenvalue weighted by Gasteiger charge is -2.19. The summed E-state index contributed by atoms with van der Waals surface area (Å²) < 4.78 is 5.50. The maximum absolute atomic E-state index is 13.4. The molecule has 4 aromatic carbocycles. The number of nitrogens with one attached hydrogen (secondary N) is 1.